The fraction of sp³-hybridized carbons (Fsp3) is 0.333. The molecule has 0 aliphatic rings. The van der Waals surface area contributed by atoms with Gasteiger partial charge in [0.15, 0.2) is 17.6 Å². The lowest BCUT2D eigenvalue weighted by atomic mass is 10.1. The highest BCUT2D eigenvalue weighted by Crippen LogP contribution is 2.29. The van der Waals surface area contributed by atoms with Crippen LogP contribution in [-0.4, -0.2) is 39.7 Å². The van der Waals surface area contributed by atoms with Crippen molar-refractivity contribution in [1.82, 2.24) is 9.66 Å². The van der Waals surface area contributed by atoms with Crippen molar-refractivity contribution in [3.05, 3.63) is 62.6 Å². The highest BCUT2D eigenvalue weighted by Gasteiger charge is 2.17. The number of ether oxygens (including phenoxy) is 2. The van der Waals surface area contributed by atoms with Crippen molar-refractivity contribution in [2.75, 3.05) is 6.61 Å². The quantitative estimate of drug-likeness (QED) is 0.410. The van der Waals surface area contributed by atoms with Crippen LogP contribution in [0.4, 0.5) is 0 Å². The highest BCUT2D eigenvalue weighted by molar-refractivity contribution is 9.10. The number of aliphatic carboxylic acids is 1. The molecule has 0 fully saturated rings. The van der Waals surface area contributed by atoms with E-state index in [4.69, 9.17) is 19.6 Å². The van der Waals surface area contributed by atoms with Crippen LogP contribution in [0.1, 0.15) is 51.4 Å². The maximum atomic E-state index is 13.2. The van der Waals surface area contributed by atoms with Gasteiger partial charge in [-0.15, -0.1) is 0 Å². The molecule has 0 aliphatic heterocycles. The first kappa shape index (κ1) is 24.4. The third-order valence-electron chi connectivity index (χ3n) is 5.13. The molecule has 1 aromatic heterocycles. The molecule has 0 saturated carbocycles. The second-order valence-corrected chi connectivity index (χ2v) is 8.46. The van der Waals surface area contributed by atoms with Crippen molar-refractivity contribution in [3.8, 4) is 11.5 Å². The second kappa shape index (κ2) is 10.6. The van der Waals surface area contributed by atoms with E-state index in [9.17, 15) is 9.59 Å². The zero-order chi connectivity index (χ0) is 24.1. The summed E-state index contributed by atoms with van der Waals surface area (Å²) in [6, 6.07) is 10.4. The average molecular weight is 516 g/mol. The summed E-state index contributed by atoms with van der Waals surface area (Å²) in [5.74, 6) is 0.239. The van der Waals surface area contributed by atoms with Gasteiger partial charge in [-0.2, -0.15) is 9.78 Å². The van der Waals surface area contributed by atoms with Crippen molar-refractivity contribution in [1.29, 1.82) is 0 Å². The largest absolute Gasteiger partial charge is 0.490 e. The van der Waals surface area contributed by atoms with Gasteiger partial charge in [-0.05, 0) is 62.2 Å². The molecule has 0 spiro atoms. The Balaban J connectivity index is 2.05. The lowest BCUT2D eigenvalue weighted by Crippen LogP contribution is -2.24. The second-order valence-electron chi connectivity index (χ2n) is 7.54. The Morgan fingerprint density at radius 3 is 2.64 bits per heavy atom. The van der Waals surface area contributed by atoms with Crippen LogP contribution in [-0.2, 0) is 4.79 Å². The van der Waals surface area contributed by atoms with Gasteiger partial charge in [0, 0.05) is 10.4 Å². The molecule has 9 heteroatoms. The predicted molar refractivity (Wildman–Crippen MR) is 131 cm³/mol. The molecule has 0 bridgehead atoms. The minimum absolute atomic E-state index is 0.0233. The SMILES string of the molecule is CCOc1cc(C=Nn2c([C@@H](C)CC)nc3ccc(Br)cc3c2=O)ccc1O[C@H](C)C(=O)O. The van der Waals surface area contributed by atoms with Crippen LogP contribution in [0, 0.1) is 0 Å². The smallest absolute Gasteiger partial charge is 0.344 e. The van der Waals surface area contributed by atoms with E-state index < -0.39 is 12.1 Å². The molecular formula is C24H26BrN3O5. The van der Waals surface area contributed by atoms with Crippen molar-refractivity contribution in [2.45, 2.75) is 46.1 Å². The summed E-state index contributed by atoms with van der Waals surface area (Å²) in [7, 11) is 0. The Hall–Kier alpha value is -3.20. The fourth-order valence-corrected chi connectivity index (χ4v) is 3.48. The summed E-state index contributed by atoms with van der Waals surface area (Å²) >= 11 is 3.41. The van der Waals surface area contributed by atoms with Crippen molar-refractivity contribution < 1.29 is 19.4 Å². The normalized spacial score (nSPS) is 13.2. The summed E-state index contributed by atoms with van der Waals surface area (Å²) in [5.41, 5.74) is 1.02. The van der Waals surface area contributed by atoms with Gasteiger partial charge < -0.3 is 14.6 Å². The number of fused-ring (bicyclic) bond motifs is 1. The number of carbonyl (C=O) groups is 1. The van der Waals surface area contributed by atoms with E-state index in [2.05, 4.69) is 21.0 Å². The lowest BCUT2D eigenvalue weighted by molar-refractivity contribution is -0.144. The van der Waals surface area contributed by atoms with Crippen LogP contribution < -0.4 is 15.0 Å². The molecule has 1 heterocycles. The Labute approximate surface area is 200 Å². The average Bonchev–Trinajstić information content (AvgIpc) is 2.79. The molecule has 0 saturated heterocycles. The topological polar surface area (TPSA) is 103 Å². The molecule has 0 unspecified atom stereocenters. The van der Waals surface area contributed by atoms with Gasteiger partial charge >= 0.3 is 5.97 Å². The molecule has 0 amide bonds. The van der Waals surface area contributed by atoms with Crippen LogP contribution >= 0.6 is 15.9 Å². The number of carboxylic acid groups (broad SMARTS) is 1. The van der Waals surface area contributed by atoms with Gasteiger partial charge in [0.2, 0.25) is 0 Å². The number of aromatic nitrogens is 2. The van der Waals surface area contributed by atoms with E-state index in [1.165, 1.54) is 11.6 Å². The Bertz CT molecular complexity index is 1250. The van der Waals surface area contributed by atoms with E-state index in [1.54, 1.807) is 30.5 Å². The molecule has 2 atom stereocenters. The van der Waals surface area contributed by atoms with Gasteiger partial charge in [0.05, 0.1) is 23.7 Å². The third-order valence-corrected chi connectivity index (χ3v) is 5.62. The number of hydrogen-bond donors (Lipinski definition) is 1. The Kier molecular flexibility index (Phi) is 7.86. The number of nitrogens with zero attached hydrogens (tertiary/aromatic N) is 3. The standard InChI is InChI=1S/C24H26BrN3O5/c1-5-14(3)22-27-19-9-8-17(25)12-18(19)23(29)28(22)26-13-16-7-10-20(21(11-16)32-6-2)33-15(4)24(30)31/h7-15H,5-6H2,1-4H3,(H,30,31)/t14-,15+/m0/s1. The van der Waals surface area contributed by atoms with E-state index >= 15 is 0 Å². The first-order valence-corrected chi connectivity index (χ1v) is 11.5. The Morgan fingerprint density at radius 1 is 1.21 bits per heavy atom. The van der Waals surface area contributed by atoms with Gasteiger partial charge in [-0.1, -0.05) is 29.8 Å². The summed E-state index contributed by atoms with van der Waals surface area (Å²) in [5, 5.41) is 14.0. The summed E-state index contributed by atoms with van der Waals surface area (Å²) in [6.07, 6.45) is 1.32. The Morgan fingerprint density at radius 2 is 1.97 bits per heavy atom. The van der Waals surface area contributed by atoms with Gasteiger partial charge in [0.1, 0.15) is 5.82 Å². The van der Waals surface area contributed by atoms with Crippen molar-refractivity contribution >= 4 is 39.0 Å². The zero-order valence-corrected chi connectivity index (χ0v) is 20.5. The van der Waals surface area contributed by atoms with Crippen LogP contribution in [0.2, 0.25) is 0 Å². The molecule has 33 heavy (non-hydrogen) atoms. The zero-order valence-electron chi connectivity index (χ0n) is 18.9. The van der Waals surface area contributed by atoms with Gasteiger partial charge in [-0.3, -0.25) is 4.79 Å². The summed E-state index contributed by atoms with van der Waals surface area (Å²) in [4.78, 5) is 29.1. The first-order chi connectivity index (χ1) is 15.7. The van der Waals surface area contributed by atoms with Crippen LogP contribution in [0.3, 0.4) is 0 Å². The van der Waals surface area contributed by atoms with E-state index in [1.807, 2.05) is 32.9 Å². The molecule has 0 aliphatic carbocycles. The van der Waals surface area contributed by atoms with Crippen LogP contribution in [0.5, 0.6) is 11.5 Å². The molecule has 2 aromatic carbocycles. The number of rotatable bonds is 9. The molecular weight excluding hydrogens is 490 g/mol. The summed E-state index contributed by atoms with van der Waals surface area (Å²) in [6.45, 7) is 7.67. The highest BCUT2D eigenvalue weighted by atomic mass is 79.9. The minimum Gasteiger partial charge on any atom is -0.490 e. The summed E-state index contributed by atoms with van der Waals surface area (Å²) < 4.78 is 13.2. The maximum absolute atomic E-state index is 13.2. The number of carboxylic acids is 1. The van der Waals surface area contributed by atoms with E-state index in [0.717, 1.165) is 10.9 Å². The van der Waals surface area contributed by atoms with Crippen molar-refractivity contribution in [3.63, 3.8) is 0 Å². The minimum atomic E-state index is -1.07. The van der Waals surface area contributed by atoms with Crippen LogP contribution in [0.15, 0.2) is 50.8 Å². The molecule has 0 radical (unpaired) electrons. The third kappa shape index (κ3) is 5.60. The number of benzene rings is 2. The molecule has 3 aromatic rings. The fourth-order valence-electron chi connectivity index (χ4n) is 3.11. The van der Waals surface area contributed by atoms with Gasteiger partial charge in [-0.25, -0.2) is 9.78 Å². The molecule has 3 rings (SSSR count). The molecule has 1 N–H and O–H groups in total. The van der Waals surface area contributed by atoms with Gasteiger partial charge in [0.25, 0.3) is 5.56 Å². The number of hydrogen-bond acceptors (Lipinski definition) is 6. The molecule has 8 nitrogen and oxygen atoms in total. The molecule has 174 valence electrons. The van der Waals surface area contributed by atoms with Crippen molar-refractivity contribution in [2.24, 2.45) is 5.10 Å². The monoisotopic (exact) mass is 515 g/mol. The maximum Gasteiger partial charge on any atom is 0.344 e. The van der Waals surface area contributed by atoms with E-state index in [0.29, 0.717) is 40.4 Å². The number of halogens is 1. The van der Waals surface area contributed by atoms with E-state index in [-0.39, 0.29) is 11.5 Å². The first-order valence-electron chi connectivity index (χ1n) is 10.7. The predicted octanol–water partition coefficient (Wildman–Crippen LogP) is 4.81. The lowest BCUT2D eigenvalue weighted by Gasteiger charge is -2.15. The van der Waals surface area contributed by atoms with Crippen LogP contribution in [0.25, 0.3) is 10.9 Å².